The van der Waals surface area contributed by atoms with E-state index in [0.717, 1.165) is 0 Å². The van der Waals surface area contributed by atoms with E-state index < -0.39 is 37.6 Å². The zero-order valence-electron chi connectivity index (χ0n) is 9.16. The summed E-state index contributed by atoms with van der Waals surface area (Å²) in [5, 5.41) is 0. The van der Waals surface area contributed by atoms with E-state index in [-0.39, 0.29) is 0 Å². The van der Waals surface area contributed by atoms with Crippen molar-refractivity contribution < 1.29 is 34.9 Å². The van der Waals surface area contributed by atoms with Crippen LogP contribution in [0.3, 0.4) is 0 Å². The second-order valence-corrected chi connectivity index (χ2v) is 13.5. The molecule has 0 aromatic heterocycles. The van der Waals surface area contributed by atoms with Crippen LogP contribution in [0.1, 0.15) is 0 Å². The van der Waals surface area contributed by atoms with Crippen LogP contribution in [0.5, 0.6) is 0 Å². The van der Waals surface area contributed by atoms with Gasteiger partial charge in [-0.05, 0) is 0 Å². The third kappa shape index (κ3) is 3.75. The molecule has 17 heavy (non-hydrogen) atoms. The number of hydrogen-bond donors (Lipinski definition) is 0. The van der Waals surface area contributed by atoms with Crippen molar-refractivity contribution in [2.24, 2.45) is 0 Å². The Labute approximate surface area is 96.3 Å². The van der Waals surface area contributed by atoms with Crippen LogP contribution in [0.25, 0.3) is 0 Å². The predicted octanol–water partition coefficient (Wildman–Crippen LogP) is 3.09. The van der Waals surface area contributed by atoms with Crippen LogP contribution < -0.4 is 0 Å². The number of carbonyl (C=O) groups excluding carboxylic acids is 1. The van der Waals surface area contributed by atoms with Crippen LogP contribution >= 0.6 is 0 Å². The molecule has 0 aliphatic rings. The number of alkyl halides is 6. The molecule has 0 rings (SSSR count). The van der Waals surface area contributed by atoms with E-state index in [1.165, 1.54) is 17.3 Å². The molecule has 0 aliphatic carbocycles. The molecule has 0 saturated carbocycles. The Morgan fingerprint density at radius 2 is 1.35 bits per heavy atom. The molecule has 0 amide bonds. The van der Waals surface area contributed by atoms with Crippen LogP contribution in [0.2, 0.25) is 17.3 Å². The van der Waals surface area contributed by atoms with Crippen LogP contribution in [0.4, 0.5) is 26.3 Å². The summed E-state index contributed by atoms with van der Waals surface area (Å²) < 4.78 is 79.6. The summed E-state index contributed by atoms with van der Waals surface area (Å²) >= 11 is -3.71. The van der Waals surface area contributed by atoms with E-state index in [9.17, 15) is 31.1 Å². The van der Waals surface area contributed by atoms with Gasteiger partial charge in [0.05, 0.1) is 0 Å². The average molecular weight is 325 g/mol. The summed E-state index contributed by atoms with van der Waals surface area (Å²) in [6.07, 6.45) is -12.2. The molecule has 0 spiro atoms. The molecular formula is C8H10F6GeO2. The first-order valence-electron chi connectivity index (χ1n) is 4.32. The van der Waals surface area contributed by atoms with Crippen LogP contribution in [-0.4, -0.2) is 37.5 Å². The molecule has 100 valence electrons. The molecule has 0 N–H and O–H groups in total. The van der Waals surface area contributed by atoms with Gasteiger partial charge in [0, 0.05) is 0 Å². The fourth-order valence-electron chi connectivity index (χ4n) is 1.04. The summed E-state index contributed by atoms with van der Waals surface area (Å²) in [7, 11) is 0. The third-order valence-electron chi connectivity index (χ3n) is 1.57. The molecular weight excluding hydrogens is 315 g/mol. The Morgan fingerprint density at radius 1 is 1.00 bits per heavy atom. The fourth-order valence-corrected chi connectivity index (χ4v) is 3.67. The third-order valence-corrected chi connectivity index (χ3v) is 3.53. The Morgan fingerprint density at radius 3 is 1.53 bits per heavy atom. The van der Waals surface area contributed by atoms with Crippen molar-refractivity contribution in [2.75, 3.05) is 0 Å². The van der Waals surface area contributed by atoms with Gasteiger partial charge < -0.3 is 0 Å². The van der Waals surface area contributed by atoms with E-state index >= 15 is 0 Å². The van der Waals surface area contributed by atoms with Crippen molar-refractivity contribution in [1.29, 1.82) is 0 Å². The van der Waals surface area contributed by atoms with Gasteiger partial charge in [0.25, 0.3) is 0 Å². The molecule has 0 aromatic carbocycles. The van der Waals surface area contributed by atoms with Crippen molar-refractivity contribution in [3.8, 4) is 0 Å². The second kappa shape index (κ2) is 4.66. The van der Waals surface area contributed by atoms with Gasteiger partial charge in [-0.25, -0.2) is 0 Å². The summed E-state index contributed by atoms with van der Waals surface area (Å²) in [6, 6.07) is 0. The molecule has 0 saturated heterocycles. The molecule has 0 aromatic rings. The topological polar surface area (TPSA) is 26.3 Å². The van der Waals surface area contributed by atoms with Crippen molar-refractivity contribution >= 4 is 19.5 Å². The average Bonchev–Trinajstić information content (AvgIpc) is 1.96. The van der Waals surface area contributed by atoms with Crippen molar-refractivity contribution in [3.05, 3.63) is 6.08 Å². The van der Waals surface area contributed by atoms with Crippen LogP contribution in [-0.2, 0) is 8.56 Å². The van der Waals surface area contributed by atoms with Gasteiger partial charge in [-0.3, -0.25) is 0 Å². The molecule has 9 heteroatoms. The van der Waals surface area contributed by atoms with Crippen LogP contribution in [0.15, 0.2) is 6.08 Å². The summed E-state index contributed by atoms with van der Waals surface area (Å²) in [5.41, 5.74) is -4.56. The molecule has 0 aliphatic heterocycles. The Balaban J connectivity index is 5.86. The zero-order valence-corrected chi connectivity index (χ0v) is 11.3. The SMILES string of the molecule is [CH3][Ge]([CH3])([CH3])[O]C(C=C=O)(C(F)(F)F)C(F)(F)F. The molecule has 0 heterocycles. The Hall–Kier alpha value is -0.467. The van der Waals surface area contributed by atoms with Crippen molar-refractivity contribution in [2.45, 2.75) is 35.2 Å². The minimum absolute atomic E-state index is 0.534. The first-order chi connectivity index (χ1) is 7.27. The van der Waals surface area contributed by atoms with Gasteiger partial charge in [0.15, 0.2) is 0 Å². The Bertz CT molecular complexity index is 306. The van der Waals surface area contributed by atoms with Gasteiger partial charge in [-0.1, -0.05) is 0 Å². The second-order valence-electron chi connectivity index (χ2n) is 4.21. The van der Waals surface area contributed by atoms with Gasteiger partial charge in [-0.15, -0.1) is 0 Å². The van der Waals surface area contributed by atoms with E-state index in [2.05, 4.69) is 3.76 Å². The molecule has 0 unspecified atom stereocenters. The molecule has 2 nitrogen and oxygen atoms in total. The summed E-state index contributed by atoms with van der Waals surface area (Å²) in [6.45, 7) is 0. The number of halogens is 6. The molecule has 0 fully saturated rings. The zero-order chi connectivity index (χ0) is 14.1. The minimum atomic E-state index is -5.76. The predicted molar refractivity (Wildman–Crippen MR) is 49.5 cm³/mol. The van der Waals surface area contributed by atoms with E-state index in [1.54, 1.807) is 0 Å². The van der Waals surface area contributed by atoms with E-state index in [0.29, 0.717) is 5.94 Å². The van der Waals surface area contributed by atoms with Crippen LogP contribution in [0, 0.1) is 0 Å². The monoisotopic (exact) mass is 326 g/mol. The quantitative estimate of drug-likeness (QED) is 0.453. The maximum absolute atomic E-state index is 12.6. The molecule has 0 atom stereocenters. The van der Waals surface area contributed by atoms with E-state index in [1.807, 2.05) is 0 Å². The van der Waals surface area contributed by atoms with Gasteiger partial charge in [0.2, 0.25) is 0 Å². The first-order valence-corrected chi connectivity index (χ1v) is 11.5. The van der Waals surface area contributed by atoms with Crippen molar-refractivity contribution in [3.63, 3.8) is 0 Å². The standard InChI is InChI=1S/C8H10F6GeO2/c1-15(2,3)17-6(4-5-16,7(9,10)11)8(12,13)14/h4H,1-3H3. The van der Waals surface area contributed by atoms with Gasteiger partial charge >= 0.3 is 95.7 Å². The number of rotatable bonds is 3. The fraction of sp³-hybridized carbons (Fsp3) is 0.750. The summed E-state index contributed by atoms with van der Waals surface area (Å²) in [4.78, 5) is 9.96. The normalized spacial score (nSPS) is 14.4. The summed E-state index contributed by atoms with van der Waals surface area (Å²) in [5.74, 6) is 4.13. The molecule has 0 bridgehead atoms. The number of hydrogen-bond acceptors (Lipinski definition) is 2. The van der Waals surface area contributed by atoms with Gasteiger partial charge in [0.1, 0.15) is 0 Å². The van der Waals surface area contributed by atoms with Gasteiger partial charge in [-0.2, -0.15) is 0 Å². The first kappa shape index (κ1) is 16.5. The van der Waals surface area contributed by atoms with Crippen molar-refractivity contribution in [1.82, 2.24) is 0 Å². The molecule has 0 radical (unpaired) electrons. The van der Waals surface area contributed by atoms with E-state index in [4.69, 9.17) is 0 Å². The Kier molecular flexibility index (Phi) is 4.53. The maximum atomic E-state index is 12.6.